The number of carbonyl (C=O) groups is 2. The van der Waals surface area contributed by atoms with E-state index in [1.54, 1.807) is 24.3 Å². The Bertz CT molecular complexity index is 936. The van der Waals surface area contributed by atoms with E-state index in [1.165, 1.54) is 4.57 Å². The monoisotopic (exact) mass is 358 g/mol. The van der Waals surface area contributed by atoms with Gasteiger partial charge in [0.25, 0.3) is 5.56 Å². The van der Waals surface area contributed by atoms with Crippen molar-refractivity contribution in [3.8, 4) is 0 Å². The molecule has 8 heteroatoms. The molecule has 2 atom stereocenters. The predicted molar refractivity (Wildman–Crippen MR) is 95.0 cm³/mol. The number of fused-ring (bicyclic) bond motifs is 2. The molecule has 1 aliphatic heterocycles. The SMILES string of the molecule is CC(C)C[C@]1(O)NC(=O)[C@H](CCC(N)=O)n2c1nc1ccccc1c2=O. The van der Waals surface area contributed by atoms with Crippen molar-refractivity contribution in [3.05, 3.63) is 40.4 Å². The topological polar surface area (TPSA) is 127 Å². The van der Waals surface area contributed by atoms with Gasteiger partial charge < -0.3 is 16.2 Å². The highest BCUT2D eigenvalue weighted by molar-refractivity contribution is 5.85. The van der Waals surface area contributed by atoms with Gasteiger partial charge in [0.15, 0.2) is 11.5 Å². The minimum atomic E-state index is -1.75. The Morgan fingerprint density at radius 3 is 2.73 bits per heavy atom. The molecule has 2 amide bonds. The molecule has 4 N–H and O–H groups in total. The summed E-state index contributed by atoms with van der Waals surface area (Å²) in [5.74, 6) is -0.964. The number of primary amides is 1. The van der Waals surface area contributed by atoms with Gasteiger partial charge >= 0.3 is 0 Å². The number of amides is 2. The van der Waals surface area contributed by atoms with Gasteiger partial charge in [0, 0.05) is 12.8 Å². The Balaban J connectivity index is 2.26. The summed E-state index contributed by atoms with van der Waals surface area (Å²) in [7, 11) is 0. The minimum Gasteiger partial charge on any atom is -0.370 e. The molecule has 2 heterocycles. The first-order valence-corrected chi connectivity index (χ1v) is 8.57. The Morgan fingerprint density at radius 1 is 1.38 bits per heavy atom. The van der Waals surface area contributed by atoms with Gasteiger partial charge in [-0.25, -0.2) is 4.98 Å². The Hall–Kier alpha value is -2.74. The van der Waals surface area contributed by atoms with E-state index in [-0.39, 0.29) is 31.0 Å². The number of benzene rings is 1. The summed E-state index contributed by atoms with van der Waals surface area (Å²) in [6.07, 6.45) is 0.206. The van der Waals surface area contributed by atoms with Crippen molar-refractivity contribution in [1.29, 1.82) is 0 Å². The molecular weight excluding hydrogens is 336 g/mol. The molecule has 8 nitrogen and oxygen atoms in total. The van der Waals surface area contributed by atoms with Crippen LogP contribution in [-0.4, -0.2) is 26.5 Å². The fourth-order valence-electron chi connectivity index (χ4n) is 3.46. The first kappa shape index (κ1) is 18.1. The summed E-state index contributed by atoms with van der Waals surface area (Å²) in [5.41, 5.74) is 3.47. The first-order chi connectivity index (χ1) is 12.2. The lowest BCUT2D eigenvalue weighted by molar-refractivity contribution is -0.140. The molecule has 0 bridgehead atoms. The van der Waals surface area contributed by atoms with Gasteiger partial charge in [0.05, 0.1) is 10.9 Å². The average Bonchev–Trinajstić information content (AvgIpc) is 2.54. The first-order valence-electron chi connectivity index (χ1n) is 8.57. The van der Waals surface area contributed by atoms with E-state index >= 15 is 0 Å². The minimum absolute atomic E-state index is 0.0410. The third-order valence-corrected chi connectivity index (χ3v) is 4.49. The van der Waals surface area contributed by atoms with Crippen LogP contribution in [0.1, 0.15) is 45.0 Å². The van der Waals surface area contributed by atoms with Crippen LogP contribution in [0.2, 0.25) is 0 Å². The molecule has 0 radical (unpaired) electrons. The highest BCUT2D eigenvalue weighted by atomic mass is 16.3. The van der Waals surface area contributed by atoms with Crippen molar-refractivity contribution in [2.24, 2.45) is 11.7 Å². The van der Waals surface area contributed by atoms with Crippen molar-refractivity contribution < 1.29 is 14.7 Å². The average molecular weight is 358 g/mol. The molecule has 0 fully saturated rings. The number of nitrogens with zero attached hydrogens (tertiary/aromatic N) is 2. The maximum atomic E-state index is 13.1. The Kier molecular flexibility index (Phi) is 4.53. The number of para-hydroxylation sites is 1. The highest BCUT2D eigenvalue weighted by Gasteiger charge is 2.45. The second kappa shape index (κ2) is 6.53. The number of nitrogens with one attached hydrogen (secondary N) is 1. The molecule has 0 aliphatic carbocycles. The zero-order valence-corrected chi connectivity index (χ0v) is 14.7. The quantitative estimate of drug-likeness (QED) is 0.718. The van der Waals surface area contributed by atoms with Gasteiger partial charge in [0.1, 0.15) is 6.04 Å². The van der Waals surface area contributed by atoms with Crippen LogP contribution in [0.5, 0.6) is 0 Å². The summed E-state index contributed by atoms with van der Waals surface area (Å²) in [6, 6.07) is 5.81. The second-order valence-electron chi connectivity index (χ2n) is 7.10. The molecule has 1 aliphatic rings. The number of aromatic nitrogens is 2. The number of hydrogen-bond acceptors (Lipinski definition) is 5. The lowest BCUT2D eigenvalue weighted by Crippen LogP contribution is -2.58. The van der Waals surface area contributed by atoms with Crippen molar-refractivity contribution in [2.45, 2.75) is 44.9 Å². The fraction of sp³-hybridized carbons (Fsp3) is 0.444. The number of carbonyl (C=O) groups excluding carboxylic acids is 2. The molecule has 3 rings (SSSR count). The lowest BCUT2D eigenvalue weighted by Gasteiger charge is -2.39. The molecule has 1 aromatic heterocycles. The van der Waals surface area contributed by atoms with Crippen LogP contribution in [0, 0.1) is 5.92 Å². The second-order valence-corrected chi connectivity index (χ2v) is 7.10. The van der Waals surface area contributed by atoms with E-state index in [0.717, 1.165) is 0 Å². The zero-order chi connectivity index (χ0) is 19.1. The summed E-state index contributed by atoms with van der Waals surface area (Å²) < 4.78 is 1.21. The summed E-state index contributed by atoms with van der Waals surface area (Å²) >= 11 is 0. The fourth-order valence-corrected chi connectivity index (χ4v) is 3.46. The van der Waals surface area contributed by atoms with Crippen LogP contribution in [0.4, 0.5) is 0 Å². The molecule has 0 saturated heterocycles. The maximum Gasteiger partial charge on any atom is 0.262 e. The van der Waals surface area contributed by atoms with Crippen molar-refractivity contribution in [3.63, 3.8) is 0 Å². The van der Waals surface area contributed by atoms with E-state index in [0.29, 0.717) is 10.9 Å². The molecule has 138 valence electrons. The van der Waals surface area contributed by atoms with E-state index < -0.39 is 29.1 Å². The standard InChI is InChI=1S/C18H22N4O4/c1-10(2)9-18(26)17-20-12-6-4-3-5-11(12)16(25)22(17)13(15(24)21-18)7-8-14(19)23/h3-6,10,13,26H,7-9H2,1-2H3,(H2,19,23)(H,21,24)/t13-,18+/m0/s1. The van der Waals surface area contributed by atoms with Gasteiger partial charge in [-0.1, -0.05) is 26.0 Å². The van der Waals surface area contributed by atoms with Crippen LogP contribution in [0.3, 0.4) is 0 Å². The van der Waals surface area contributed by atoms with Crippen molar-refractivity contribution in [2.75, 3.05) is 0 Å². The smallest absolute Gasteiger partial charge is 0.262 e. The van der Waals surface area contributed by atoms with Gasteiger partial charge in [-0.15, -0.1) is 0 Å². The van der Waals surface area contributed by atoms with Gasteiger partial charge in [0.2, 0.25) is 11.8 Å². The normalized spacial score (nSPS) is 22.3. The van der Waals surface area contributed by atoms with E-state index in [9.17, 15) is 19.5 Å². The largest absolute Gasteiger partial charge is 0.370 e. The molecular formula is C18H22N4O4. The molecule has 0 saturated carbocycles. The Morgan fingerprint density at radius 2 is 2.08 bits per heavy atom. The summed E-state index contributed by atoms with van der Waals surface area (Å²) in [6.45, 7) is 3.79. The molecule has 0 spiro atoms. The molecule has 2 aromatic rings. The van der Waals surface area contributed by atoms with E-state index in [2.05, 4.69) is 10.3 Å². The molecule has 1 aromatic carbocycles. The predicted octanol–water partition coefficient (Wildman–Crippen LogP) is 0.524. The molecule has 26 heavy (non-hydrogen) atoms. The number of rotatable bonds is 5. The lowest BCUT2D eigenvalue weighted by atomic mass is 9.94. The van der Waals surface area contributed by atoms with Crippen LogP contribution in [0.25, 0.3) is 10.9 Å². The van der Waals surface area contributed by atoms with Crippen LogP contribution < -0.4 is 16.6 Å². The number of aliphatic hydroxyl groups is 1. The Labute approximate surface area is 150 Å². The van der Waals surface area contributed by atoms with Gasteiger partial charge in [-0.05, 0) is 24.5 Å². The van der Waals surface area contributed by atoms with Crippen molar-refractivity contribution >= 4 is 22.7 Å². The summed E-state index contributed by atoms with van der Waals surface area (Å²) in [5, 5.41) is 14.0. The number of nitrogens with two attached hydrogens (primary N) is 1. The van der Waals surface area contributed by atoms with Gasteiger partial charge in [-0.3, -0.25) is 19.0 Å². The van der Waals surface area contributed by atoms with E-state index in [1.807, 2.05) is 13.8 Å². The maximum absolute atomic E-state index is 13.1. The third kappa shape index (κ3) is 3.08. The van der Waals surface area contributed by atoms with Crippen molar-refractivity contribution in [1.82, 2.24) is 14.9 Å². The van der Waals surface area contributed by atoms with Crippen LogP contribution in [-0.2, 0) is 15.3 Å². The molecule has 0 unspecified atom stereocenters. The van der Waals surface area contributed by atoms with Gasteiger partial charge in [-0.2, -0.15) is 0 Å². The zero-order valence-electron chi connectivity index (χ0n) is 14.7. The van der Waals surface area contributed by atoms with Crippen LogP contribution >= 0.6 is 0 Å². The number of hydrogen-bond donors (Lipinski definition) is 3. The highest BCUT2D eigenvalue weighted by Crippen LogP contribution is 2.32. The van der Waals surface area contributed by atoms with Crippen LogP contribution in [0.15, 0.2) is 29.1 Å². The third-order valence-electron chi connectivity index (χ3n) is 4.49. The van der Waals surface area contributed by atoms with E-state index in [4.69, 9.17) is 5.73 Å². The summed E-state index contributed by atoms with van der Waals surface area (Å²) in [4.78, 5) is 41.4.